The van der Waals surface area contributed by atoms with E-state index in [2.05, 4.69) is 12.2 Å². The van der Waals surface area contributed by atoms with Crippen molar-refractivity contribution in [3.63, 3.8) is 0 Å². The lowest BCUT2D eigenvalue weighted by molar-refractivity contribution is -0.212. The quantitative estimate of drug-likeness (QED) is 0.744. The normalized spacial score (nSPS) is 29.5. The summed E-state index contributed by atoms with van der Waals surface area (Å²) in [5, 5.41) is 3.21. The van der Waals surface area contributed by atoms with Gasteiger partial charge in [0, 0.05) is 6.54 Å². The Hall–Kier alpha value is -0.290. The standard InChI is InChI=1S/C13H24F3NO/c1-3-7-17-9-12(18-10-13(14,15)16)6-4-5-11(2)8-12/h11,17H,3-10H2,1-2H3. The fourth-order valence-corrected chi connectivity index (χ4v) is 2.68. The molecule has 2 nitrogen and oxygen atoms in total. The molecular weight excluding hydrogens is 243 g/mol. The topological polar surface area (TPSA) is 21.3 Å². The minimum absolute atomic E-state index is 0.440. The molecule has 5 heteroatoms. The first kappa shape index (κ1) is 15.8. The van der Waals surface area contributed by atoms with Crippen molar-refractivity contribution in [2.24, 2.45) is 5.92 Å². The molecule has 2 atom stereocenters. The monoisotopic (exact) mass is 267 g/mol. The van der Waals surface area contributed by atoms with Crippen molar-refractivity contribution in [2.45, 2.75) is 57.7 Å². The van der Waals surface area contributed by atoms with Crippen molar-refractivity contribution in [1.29, 1.82) is 0 Å². The second-order valence-corrected chi connectivity index (χ2v) is 5.47. The highest BCUT2D eigenvalue weighted by molar-refractivity contribution is 4.89. The molecule has 1 saturated carbocycles. The molecule has 0 radical (unpaired) electrons. The molecule has 18 heavy (non-hydrogen) atoms. The molecule has 0 aromatic carbocycles. The van der Waals surface area contributed by atoms with E-state index in [9.17, 15) is 13.2 Å². The molecule has 1 N–H and O–H groups in total. The molecule has 0 aliphatic heterocycles. The Kier molecular flexibility index (Phi) is 5.92. The molecule has 0 bridgehead atoms. The molecule has 2 unspecified atom stereocenters. The SMILES string of the molecule is CCCNCC1(OCC(F)(F)F)CCCC(C)C1. The van der Waals surface area contributed by atoms with E-state index in [4.69, 9.17) is 4.74 Å². The highest BCUT2D eigenvalue weighted by atomic mass is 19.4. The van der Waals surface area contributed by atoms with Gasteiger partial charge >= 0.3 is 6.18 Å². The number of ether oxygens (including phenoxy) is 1. The molecule has 0 heterocycles. The first-order valence-corrected chi connectivity index (χ1v) is 6.78. The number of hydrogen-bond acceptors (Lipinski definition) is 2. The summed E-state index contributed by atoms with van der Waals surface area (Å²) in [6, 6.07) is 0. The van der Waals surface area contributed by atoms with Gasteiger partial charge in [0.2, 0.25) is 0 Å². The zero-order valence-corrected chi connectivity index (χ0v) is 11.3. The first-order chi connectivity index (χ1) is 8.37. The molecule has 1 aliphatic rings. The van der Waals surface area contributed by atoms with Crippen LogP contribution in [0.15, 0.2) is 0 Å². The van der Waals surface area contributed by atoms with Gasteiger partial charge in [-0.05, 0) is 31.7 Å². The molecule has 0 spiro atoms. The van der Waals surface area contributed by atoms with E-state index < -0.39 is 18.4 Å². The Morgan fingerprint density at radius 1 is 1.39 bits per heavy atom. The van der Waals surface area contributed by atoms with Crippen LogP contribution in [0.3, 0.4) is 0 Å². The van der Waals surface area contributed by atoms with Crippen LogP contribution >= 0.6 is 0 Å². The summed E-state index contributed by atoms with van der Waals surface area (Å²) in [5.74, 6) is 0.440. The summed E-state index contributed by atoms with van der Waals surface area (Å²) < 4.78 is 42.2. The van der Waals surface area contributed by atoms with Gasteiger partial charge in [0.05, 0.1) is 5.60 Å². The van der Waals surface area contributed by atoms with Crippen LogP contribution in [-0.2, 0) is 4.74 Å². The zero-order chi connectivity index (χ0) is 13.6. The Morgan fingerprint density at radius 3 is 2.67 bits per heavy atom. The highest BCUT2D eigenvalue weighted by Crippen LogP contribution is 2.36. The van der Waals surface area contributed by atoms with E-state index >= 15 is 0 Å². The van der Waals surface area contributed by atoms with Gasteiger partial charge < -0.3 is 10.1 Å². The summed E-state index contributed by atoms with van der Waals surface area (Å²) >= 11 is 0. The molecule has 1 aliphatic carbocycles. The van der Waals surface area contributed by atoms with Crippen LogP contribution in [0.2, 0.25) is 0 Å². The van der Waals surface area contributed by atoms with E-state index in [1.807, 2.05) is 6.92 Å². The van der Waals surface area contributed by atoms with Crippen LogP contribution in [0.25, 0.3) is 0 Å². The molecule has 108 valence electrons. The van der Waals surface area contributed by atoms with Crippen molar-refractivity contribution >= 4 is 0 Å². The Labute approximate surface area is 107 Å². The van der Waals surface area contributed by atoms with Gasteiger partial charge in [0.25, 0.3) is 0 Å². The van der Waals surface area contributed by atoms with Crippen LogP contribution in [0.5, 0.6) is 0 Å². The van der Waals surface area contributed by atoms with Gasteiger partial charge in [0.1, 0.15) is 6.61 Å². The summed E-state index contributed by atoms with van der Waals surface area (Å²) in [7, 11) is 0. The molecule has 0 aromatic rings. The van der Waals surface area contributed by atoms with Crippen molar-refractivity contribution < 1.29 is 17.9 Å². The molecular formula is C13H24F3NO. The Bertz CT molecular complexity index is 245. The van der Waals surface area contributed by atoms with E-state index in [-0.39, 0.29) is 0 Å². The number of hydrogen-bond donors (Lipinski definition) is 1. The van der Waals surface area contributed by atoms with Gasteiger partial charge in [-0.1, -0.05) is 26.7 Å². The van der Waals surface area contributed by atoms with Crippen LogP contribution < -0.4 is 5.32 Å². The fraction of sp³-hybridized carbons (Fsp3) is 1.00. The number of alkyl halides is 3. The van der Waals surface area contributed by atoms with Gasteiger partial charge in [-0.25, -0.2) is 0 Å². The predicted molar refractivity (Wildman–Crippen MR) is 65.5 cm³/mol. The second kappa shape index (κ2) is 6.75. The Balaban J connectivity index is 2.55. The summed E-state index contributed by atoms with van der Waals surface area (Å²) in [6.07, 6.45) is 0.227. The van der Waals surface area contributed by atoms with E-state index in [1.165, 1.54) is 0 Å². The molecule has 1 rings (SSSR count). The van der Waals surface area contributed by atoms with Crippen LogP contribution in [-0.4, -0.2) is 31.5 Å². The molecule has 1 fully saturated rings. The lowest BCUT2D eigenvalue weighted by Gasteiger charge is -2.40. The van der Waals surface area contributed by atoms with Gasteiger partial charge in [-0.3, -0.25) is 0 Å². The van der Waals surface area contributed by atoms with Crippen molar-refractivity contribution in [1.82, 2.24) is 5.32 Å². The lowest BCUT2D eigenvalue weighted by Crippen LogP contribution is -2.48. The highest BCUT2D eigenvalue weighted by Gasteiger charge is 2.39. The lowest BCUT2D eigenvalue weighted by atomic mass is 9.78. The average molecular weight is 267 g/mol. The van der Waals surface area contributed by atoms with Crippen LogP contribution in [0.1, 0.15) is 46.0 Å². The van der Waals surface area contributed by atoms with E-state index in [0.29, 0.717) is 12.5 Å². The maximum Gasteiger partial charge on any atom is 0.411 e. The first-order valence-electron chi connectivity index (χ1n) is 6.78. The molecule has 0 saturated heterocycles. The van der Waals surface area contributed by atoms with Crippen molar-refractivity contribution in [2.75, 3.05) is 19.7 Å². The summed E-state index contributed by atoms with van der Waals surface area (Å²) in [4.78, 5) is 0. The maximum atomic E-state index is 12.3. The third-order valence-electron chi connectivity index (χ3n) is 3.47. The van der Waals surface area contributed by atoms with E-state index in [1.54, 1.807) is 0 Å². The van der Waals surface area contributed by atoms with Gasteiger partial charge in [-0.15, -0.1) is 0 Å². The fourth-order valence-electron chi connectivity index (χ4n) is 2.68. The summed E-state index contributed by atoms with van der Waals surface area (Å²) in [6.45, 7) is 4.35. The van der Waals surface area contributed by atoms with Crippen LogP contribution in [0.4, 0.5) is 13.2 Å². The maximum absolute atomic E-state index is 12.3. The second-order valence-electron chi connectivity index (χ2n) is 5.47. The number of halogens is 3. The van der Waals surface area contributed by atoms with Crippen LogP contribution in [0, 0.1) is 5.92 Å². The summed E-state index contributed by atoms with van der Waals surface area (Å²) in [5.41, 5.74) is -0.623. The van der Waals surface area contributed by atoms with Gasteiger partial charge in [-0.2, -0.15) is 13.2 Å². The Morgan fingerprint density at radius 2 is 2.11 bits per heavy atom. The van der Waals surface area contributed by atoms with Crippen molar-refractivity contribution in [3.8, 4) is 0 Å². The average Bonchev–Trinajstić information content (AvgIpc) is 2.26. The number of rotatable bonds is 6. The van der Waals surface area contributed by atoms with E-state index in [0.717, 1.165) is 38.6 Å². The van der Waals surface area contributed by atoms with Crippen molar-refractivity contribution in [3.05, 3.63) is 0 Å². The minimum atomic E-state index is -4.24. The van der Waals surface area contributed by atoms with Gasteiger partial charge in [0.15, 0.2) is 0 Å². The molecule has 0 aromatic heterocycles. The number of nitrogens with one attached hydrogen (secondary N) is 1. The molecule has 0 amide bonds. The third kappa shape index (κ3) is 5.57. The smallest absolute Gasteiger partial charge is 0.364 e. The minimum Gasteiger partial charge on any atom is -0.364 e. The third-order valence-corrected chi connectivity index (χ3v) is 3.47. The predicted octanol–water partition coefficient (Wildman–Crippen LogP) is 3.51. The zero-order valence-electron chi connectivity index (χ0n) is 11.3. The largest absolute Gasteiger partial charge is 0.411 e.